The first-order valence-corrected chi connectivity index (χ1v) is 9.59. The maximum atomic E-state index is 12.4. The quantitative estimate of drug-likeness (QED) is 0.744. The molecule has 2 amide bonds. The maximum absolute atomic E-state index is 12.4. The Kier molecular flexibility index (Phi) is 4.80. The molecule has 0 spiro atoms. The summed E-state index contributed by atoms with van der Waals surface area (Å²) in [5.74, 6) is -0.549. The summed E-state index contributed by atoms with van der Waals surface area (Å²) in [6.45, 7) is 3.95. The molecule has 3 rings (SSSR count). The van der Waals surface area contributed by atoms with Gasteiger partial charge in [0.2, 0.25) is 10.0 Å². The van der Waals surface area contributed by atoms with E-state index in [4.69, 9.17) is 0 Å². The number of sulfonamides is 1. The summed E-state index contributed by atoms with van der Waals surface area (Å²) >= 11 is 0. The molecular weight excluding hydrogens is 354 g/mol. The third-order valence-electron chi connectivity index (χ3n) is 3.87. The molecule has 0 bridgehead atoms. The number of anilines is 1. The lowest BCUT2D eigenvalue weighted by molar-refractivity contribution is 0.0964. The number of amides is 2. The van der Waals surface area contributed by atoms with E-state index >= 15 is 0 Å². The fourth-order valence-corrected chi connectivity index (χ4v) is 3.91. The number of hydrogen-bond acceptors (Lipinski definition) is 4. The van der Waals surface area contributed by atoms with E-state index in [0.717, 1.165) is 5.56 Å². The lowest BCUT2D eigenvalue weighted by Crippen LogP contribution is -2.30. The SMILES string of the molecule is CC(C)NS(=O)(=O)c1ccc(C(=O)Nc2ccc3c(c2)C(=O)NC3)cc1. The van der Waals surface area contributed by atoms with Crippen LogP contribution in [0.15, 0.2) is 47.4 Å². The first kappa shape index (κ1) is 18.1. The Balaban J connectivity index is 1.75. The minimum Gasteiger partial charge on any atom is -0.348 e. The molecule has 3 N–H and O–H groups in total. The summed E-state index contributed by atoms with van der Waals surface area (Å²) in [5, 5.41) is 5.43. The molecule has 26 heavy (non-hydrogen) atoms. The van der Waals surface area contributed by atoms with Gasteiger partial charge >= 0.3 is 0 Å². The monoisotopic (exact) mass is 373 g/mol. The van der Waals surface area contributed by atoms with Crippen LogP contribution in [0.5, 0.6) is 0 Å². The second-order valence-corrected chi connectivity index (χ2v) is 8.02. The van der Waals surface area contributed by atoms with Gasteiger partial charge in [-0.1, -0.05) is 6.07 Å². The molecule has 7 nitrogen and oxygen atoms in total. The highest BCUT2D eigenvalue weighted by molar-refractivity contribution is 7.89. The van der Waals surface area contributed by atoms with E-state index in [-0.39, 0.29) is 22.8 Å². The summed E-state index contributed by atoms with van der Waals surface area (Å²) in [6.07, 6.45) is 0. The van der Waals surface area contributed by atoms with Crippen molar-refractivity contribution >= 4 is 27.5 Å². The van der Waals surface area contributed by atoms with Gasteiger partial charge in [-0.25, -0.2) is 13.1 Å². The molecule has 0 fully saturated rings. The molecule has 0 unspecified atom stereocenters. The van der Waals surface area contributed by atoms with Crippen molar-refractivity contribution in [1.82, 2.24) is 10.0 Å². The minimum atomic E-state index is -3.60. The molecule has 0 atom stereocenters. The number of carbonyl (C=O) groups excluding carboxylic acids is 2. The van der Waals surface area contributed by atoms with Crippen LogP contribution < -0.4 is 15.4 Å². The Morgan fingerprint density at radius 3 is 2.46 bits per heavy atom. The molecule has 2 aromatic rings. The molecule has 1 aliphatic rings. The van der Waals surface area contributed by atoms with E-state index in [9.17, 15) is 18.0 Å². The molecule has 0 radical (unpaired) electrons. The number of nitrogens with one attached hydrogen (secondary N) is 3. The number of hydrogen-bond donors (Lipinski definition) is 3. The molecule has 1 heterocycles. The largest absolute Gasteiger partial charge is 0.348 e. The van der Waals surface area contributed by atoms with Crippen molar-refractivity contribution in [3.63, 3.8) is 0 Å². The van der Waals surface area contributed by atoms with Crippen molar-refractivity contribution < 1.29 is 18.0 Å². The number of rotatable bonds is 5. The third-order valence-corrected chi connectivity index (χ3v) is 5.54. The zero-order valence-corrected chi connectivity index (χ0v) is 15.2. The smallest absolute Gasteiger partial charge is 0.255 e. The van der Waals surface area contributed by atoms with Crippen LogP contribution in [0.4, 0.5) is 5.69 Å². The zero-order chi connectivity index (χ0) is 18.9. The van der Waals surface area contributed by atoms with Gasteiger partial charge in [-0.2, -0.15) is 0 Å². The Labute approximate surface area is 151 Å². The van der Waals surface area contributed by atoms with Crippen molar-refractivity contribution in [3.8, 4) is 0 Å². The number of fused-ring (bicyclic) bond motifs is 1. The number of benzene rings is 2. The highest BCUT2D eigenvalue weighted by Gasteiger charge is 2.20. The zero-order valence-electron chi connectivity index (χ0n) is 14.4. The van der Waals surface area contributed by atoms with Gasteiger partial charge in [0, 0.05) is 29.4 Å². The van der Waals surface area contributed by atoms with E-state index in [2.05, 4.69) is 15.4 Å². The van der Waals surface area contributed by atoms with Crippen LogP contribution in [-0.2, 0) is 16.6 Å². The summed E-state index contributed by atoms with van der Waals surface area (Å²) in [6, 6.07) is 10.6. The van der Waals surface area contributed by atoms with E-state index in [0.29, 0.717) is 23.4 Å². The molecule has 136 valence electrons. The van der Waals surface area contributed by atoms with E-state index in [1.807, 2.05) is 0 Å². The Morgan fingerprint density at radius 1 is 1.12 bits per heavy atom. The van der Waals surface area contributed by atoms with Gasteiger partial charge in [0.1, 0.15) is 0 Å². The molecule has 8 heteroatoms. The predicted molar refractivity (Wildman–Crippen MR) is 97.5 cm³/mol. The van der Waals surface area contributed by atoms with Crippen molar-refractivity contribution in [2.45, 2.75) is 31.3 Å². The van der Waals surface area contributed by atoms with Crippen molar-refractivity contribution in [1.29, 1.82) is 0 Å². The Bertz CT molecular complexity index is 966. The normalized spacial score (nSPS) is 13.4. The van der Waals surface area contributed by atoms with Gasteiger partial charge in [0.25, 0.3) is 11.8 Å². The lowest BCUT2D eigenvalue weighted by atomic mass is 10.1. The molecule has 0 saturated carbocycles. The summed E-state index contributed by atoms with van der Waals surface area (Å²) in [7, 11) is -3.60. The lowest BCUT2D eigenvalue weighted by Gasteiger charge is -2.10. The Hall–Kier alpha value is -2.71. The molecular formula is C18H19N3O4S. The van der Waals surface area contributed by atoms with Crippen LogP contribution in [0.25, 0.3) is 0 Å². The highest BCUT2D eigenvalue weighted by Crippen LogP contribution is 2.21. The first-order chi connectivity index (χ1) is 12.3. The van der Waals surface area contributed by atoms with Gasteiger partial charge in [0.05, 0.1) is 4.90 Å². The van der Waals surface area contributed by atoms with Gasteiger partial charge in [-0.15, -0.1) is 0 Å². The van der Waals surface area contributed by atoms with Gasteiger partial charge < -0.3 is 10.6 Å². The van der Waals surface area contributed by atoms with Crippen LogP contribution in [0.2, 0.25) is 0 Å². The average molecular weight is 373 g/mol. The second kappa shape index (κ2) is 6.89. The predicted octanol–water partition coefficient (Wildman–Crippen LogP) is 1.87. The van der Waals surface area contributed by atoms with Crippen LogP contribution in [0, 0.1) is 0 Å². The topological polar surface area (TPSA) is 104 Å². The summed E-state index contributed by atoms with van der Waals surface area (Å²) in [5.41, 5.74) is 2.26. The van der Waals surface area contributed by atoms with E-state index in [1.54, 1.807) is 32.0 Å². The third kappa shape index (κ3) is 3.76. The standard InChI is InChI=1S/C18H19N3O4S/c1-11(2)21-26(24,25)15-7-4-12(5-8-15)17(22)20-14-6-3-13-10-19-18(23)16(13)9-14/h3-9,11,21H,10H2,1-2H3,(H,19,23)(H,20,22). The summed E-state index contributed by atoms with van der Waals surface area (Å²) in [4.78, 5) is 24.1. The number of carbonyl (C=O) groups is 2. The van der Waals surface area contributed by atoms with Crippen molar-refractivity contribution in [2.75, 3.05) is 5.32 Å². The van der Waals surface area contributed by atoms with Crippen LogP contribution >= 0.6 is 0 Å². The Morgan fingerprint density at radius 2 is 1.81 bits per heavy atom. The van der Waals surface area contributed by atoms with Crippen molar-refractivity contribution in [2.24, 2.45) is 0 Å². The van der Waals surface area contributed by atoms with Crippen LogP contribution in [-0.4, -0.2) is 26.3 Å². The fourth-order valence-electron chi connectivity index (χ4n) is 2.66. The molecule has 0 aromatic heterocycles. The minimum absolute atomic E-state index is 0.0944. The molecule has 1 aliphatic heterocycles. The van der Waals surface area contributed by atoms with Crippen LogP contribution in [0.1, 0.15) is 40.1 Å². The fraction of sp³-hybridized carbons (Fsp3) is 0.222. The van der Waals surface area contributed by atoms with Gasteiger partial charge in [0.15, 0.2) is 0 Å². The highest BCUT2D eigenvalue weighted by atomic mass is 32.2. The van der Waals surface area contributed by atoms with Crippen LogP contribution in [0.3, 0.4) is 0 Å². The van der Waals surface area contributed by atoms with Crippen molar-refractivity contribution in [3.05, 3.63) is 59.2 Å². The average Bonchev–Trinajstić information content (AvgIpc) is 2.95. The second-order valence-electron chi connectivity index (χ2n) is 6.31. The maximum Gasteiger partial charge on any atom is 0.255 e. The van der Waals surface area contributed by atoms with E-state index in [1.165, 1.54) is 24.3 Å². The molecule has 0 saturated heterocycles. The summed E-state index contributed by atoms with van der Waals surface area (Å²) < 4.78 is 26.7. The first-order valence-electron chi connectivity index (χ1n) is 8.11. The van der Waals surface area contributed by atoms with Gasteiger partial charge in [-0.05, 0) is 55.8 Å². The molecule has 0 aliphatic carbocycles. The van der Waals surface area contributed by atoms with E-state index < -0.39 is 10.0 Å². The molecule has 2 aromatic carbocycles. The van der Waals surface area contributed by atoms with Gasteiger partial charge in [-0.3, -0.25) is 9.59 Å².